The number of methoxy groups -OCH3 is 2. The maximum atomic E-state index is 11.6. The van der Waals surface area contributed by atoms with Crippen molar-refractivity contribution in [1.29, 1.82) is 0 Å². The van der Waals surface area contributed by atoms with Crippen LogP contribution in [0.5, 0.6) is 0 Å². The summed E-state index contributed by atoms with van der Waals surface area (Å²) in [6.07, 6.45) is 9.64. The van der Waals surface area contributed by atoms with Gasteiger partial charge in [0.25, 0.3) is 0 Å². The van der Waals surface area contributed by atoms with Crippen LogP contribution in [0.15, 0.2) is 0 Å². The highest BCUT2D eigenvalue weighted by Crippen LogP contribution is 2.46. The molecule has 4 N–H and O–H groups in total. The van der Waals surface area contributed by atoms with Crippen LogP contribution in [-0.4, -0.2) is 88.5 Å². The lowest BCUT2D eigenvalue weighted by atomic mass is 9.67. The Hall–Kier alpha value is -0.320. The van der Waals surface area contributed by atoms with E-state index in [4.69, 9.17) is 29.4 Å². The number of hydrogen-bond acceptors (Lipinski definition) is 8. The molecule has 5 aliphatic rings. The van der Waals surface area contributed by atoms with Crippen LogP contribution in [0, 0.1) is 29.6 Å². The molecule has 0 radical (unpaired) electrons. The van der Waals surface area contributed by atoms with Crippen molar-refractivity contribution in [2.75, 3.05) is 40.6 Å². The van der Waals surface area contributed by atoms with Crippen molar-refractivity contribution < 1.29 is 28.8 Å². The van der Waals surface area contributed by atoms with E-state index in [1.807, 2.05) is 7.11 Å². The summed E-state index contributed by atoms with van der Waals surface area (Å²) in [5.41, 5.74) is 6.13. The van der Waals surface area contributed by atoms with E-state index >= 15 is 0 Å². The smallest absolute Gasteiger partial charge is 0.0683 e. The van der Waals surface area contributed by atoms with Gasteiger partial charge in [-0.15, -0.1) is 0 Å². The molecular formula is C27H48N2O6. The van der Waals surface area contributed by atoms with Crippen LogP contribution in [0.1, 0.15) is 57.8 Å². The Morgan fingerprint density at radius 3 is 2.17 bits per heavy atom. The maximum absolute atomic E-state index is 11.6. The van der Waals surface area contributed by atoms with E-state index < -0.39 is 6.10 Å². The van der Waals surface area contributed by atoms with Crippen LogP contribution in [0.3, 0.4) is 0 Å². The Bertz CT molecular complexity index is 670. The average Bonchev–Trinajstić information content (AvgIpc) is 2.89. The fraction of sp³-hybridized carbons (Fsp3) is 1.00. The van der Waals surface area contributed by atoms with Gasteiger partial charge in [0.1, 0.15) is 0 Å². The Morgan fingerprint density at radius 2 is 1.49 bits per heavy atom. The van der Waals surface area contributed by atoms with Crippen LogP contribution < -0.4 is 11.1 Å². The summed E-state index contributed by atoms with van der Waals surface area (Å²) in [6.45, 7) is 2.95. The molecule has 2 saturated carbocycles. The molecule has 202 valence electrons. The van der Waals surface area contributed by atoms with Crippen LogP contribution in [0.25, 0.3) is 0 Å². The molecule has 5 fully saturated rings. The molecule has 3 heterocycles. The molecule has 3 saturated heterocycles. The zero-order chi connectivity index (χ0) is 24.4. The lowest BCUT2D eigenvalue weighted by Crippen LogP contribution is -2.59. The molecule has 0 bridgehead atoms. The van der Waals surface area contributed by atoms with Crippen molar-refractivity contribution >= 4 is 0 Å². The van der Waals surface area contributed by atoms with Gasteiger partial charge in [0.05, 0.1) is 56.0 Å². The summed E-state index contributed by atoms with van der Waals surface area (Å²) in [5.74, 6) is 1.18. The number of aliphatic hydroxyl groups excluding tert-OH is 1. The van der Waals surface area contributed by atoms with Crippen LogP contribution >= 0.6 is 0 Å². The van der Waals surface area contributed by atoms with E-state index in [2.05, 4.69) is 5.32 Å². The third kappa shape index (κ3) is 5.90. The van der Waals surface area contributed by atoms with Crippen molar-refractivity contribution in [3.05, 3.63) is 0 Å². The molecule has 5 rings (SSSR count). The van der Waals surface area contributed by atoms with E-state index in [0.29, 0.717) is 25.0 Å². The average molecular weight is 497 g/mol. The van der Waals surface area contributed by atoms with E-state index in [1.165, 1.54) is 0 Å². The van der Waals surface area contributed by atoms with E-state index in [-0.39, 0.29) is 54.4 Å². The number of aliphatic hydroxyl groups is 1. The van der Waals surface area contributed by atoms with E-state index in [9.17, 15) is 5.11 Å². The number of piperidine rings is 1. The summed E-state index contributed by atoms with van der Waals surface area (Å²) in [4.78, 5) is 0. The molecule has 8 nitrogen and oxygen atoms in total. The van der Waals surface area contributed by atoms with Crippen molar-refractivity contribution in [2.45, 2.75) is 101 Å². The van der Waals surface area contributed by atoms with Crippen molar-refractivity contribution in [3.8, 4) is 0 Å². The second-order valence-electron chi connectivity index (χ2n) is 11.8. The fourth-order valence-corrected chi connectivity index (χ4v) is 7.78. The summed E-state index contributed by atoms with van der Waals surface area (Å²) in [6, 6.07) is 0. The van der Waals surface area contributed by atoms with Crippen molar-refractivity contribution in [1.82, 2.24) is 5.32 Å². The minimum atomic E-state index is -0.410. The number of rotatable bonds is 7. The largest absolute Gasteiger partial charge is 0.392 e. The lowest BCUT2D eigenvalue weighted by molar-refractivity contribution is -0.228. The SMILES string of the molecule is COC1CCC2OC[C@H]([C@H]3COC4CCC(OC)CC4[C@@H]3OCCC3CCNC(N)C3)[C@H](O)C2C1. The molecule has 2 aliphatic carbocycles. The van der Waals surface area contributed by atoms with Gasteiger partial charge in [-0.1, -0.05) is 0 Å². The predicted octanol–water partition coefficient (Wildman–Crippen LogP) is 2.07. The standard InChI is InChI=1S/C27H48N2O6/c1-31-17-3-5-23-19(12-17)26(30)21(14-34-23)22-15-35-24-6-4-18(32-2)13-20(24)27(22)33-10-8-16-7-9-29-25(28)11-16/h16-27,29-30H,3-15,28H2,1-2H3/t16?,17?,18?,19?,20?,21-,22-,23?,24?,25?,26-,27+/m1/s1. The third-order valence-electron chi connectivity index (χ3n) is 9.90. The van der Waals surface area contributed by atoms with Gasteiger partial charge in [-0.25, -0.2) is 0 Å². The maximum Gasteiger partial charge on any atom is 0.0683 e. The monoisotopic (exact) mass is 496 g/mol. The first kappa shape index (κ1) is 26.3. The Labute approximate surface area is 210 Å². The molecule has 35 heavy (non-hydrogen) atoms. The molecule has 0 aromatic rings. The topological polar surface area (TPSA) is 104 Å². The fourth-order valence-electron chi connectivity index (χ4n) is 7.78. The highest BCUT2D eigenvalue weighted by Gasteiger charge is 2.52. The zero-order valence-corrected chi connectivity index (χ0v) is 21.7. The molecule has 0 spiro atoms. The second kappa shape index (κ2) is 12.0. The first-order valence-corrected chi connectivity index (χ1v) is 14.1. The quantitative estimate of drug-likeness (QED) is 0.492. The molecule has 12 atom stereocenters. The molecule has 0 amide bonds. The molecule has 8 unspecified atom stereocenters. The zero-order valence-electron chi connectivity index (χ0n) is 21.7. The second-order valence-corrected chi connectivity index (χ2v) is 11.8. The van der Waals surface area contributed by atoms with Crippen molar-refractivity contribution in [3.63, 3.8) is 0 Å². The number of nitrogens with one attached hydrogen (secondary N) is 1. The van der Waals surface area contributed by atoms with Crippen LogP contribution in [0.2, 0.25) is 0 Å². The van der Waals surface area contributed by atoms with Gasteiger partial charge >= 0.3 is 0 Å². The Morgan fingerprint density at radius 1 is 0.829 bits per heavy atom. The van der Waals surface area contributed by atoms with Gasteiger partial charge in [-0.2, -0.15) is 0 Å². The van der Waals surface area contributed by atoms with Gasteiger partial charge in [0, 0.05) is 44.5 Å². The third-order valence-corrected chi connectivity index (χ3v) is 9.90. The number of nitrogens with two attached hydrogens (primary N) is 1. The highest BCUT2D eigenvalue weighted by molar-refractivity contribution is 5.00. The highest BCUT2D eigenvalue weighted by atomic mass is 16.5. The predicted molar refractivity (Wildman–Crippen MR) is 132 cm³/mol. The summed E-state index contributed by atoms with van der Waals surface area (Å²) < 4.78 is 31.1. The normalized spacial score (nSPS) is 48.7. The molecule has 0 aromatic carbocycles. The molecule has 3 aliphatic heterocycles. The molecule has 0 aromatic heterocycles. The number of hydrogen-bond donors (Lipinski definition) is 3. The minimum Gasteiger partial charge on any atom is -0.392 e. The summed E-state index contributed by atoms with van der Waals surface area (Å²) in [5, 5.41) is 14.9. The van der Waals surface area contributed by atoms with Gasteiger partial charge in [0.15, 0.2) is 0 Å². The van der Waals surface area contributed by atoms with E-state index in [0.717, 1.165) is 70.9 Å². The minimum absolute atomic E-state index is 0.0213. The first-order valence-electron chi connectivity index (χ1n) is 14.1. The Balaban J connectivity index is 1.28. The van der Waals surface area contributed by atoms with Gasteiger partial charge in [-0.05, 0) is 70.3 Å². The van der Waals surface area contributed by atoms with E-state index in [1.54, 1.807) is 7.11 Å². The van der Waals surface area contributed by atoms with Gasteiger partial charge < -0.3 is 39.8 Å². The Kier molecular flexibility index (Phi) is 9.04. The van der Waals surface area contributed by atoms with Crippen LogP contribution in [0.4, 0.5) is 0 Å². The molecule has 8 heteroatoms. The summed E-state index contributed by atoms with van der Waals surface area (Å²) >= 11 is 0. The van der Waals surface area contributed by atoms with Gasteiger partial charge in [0.2, 0.25) is 0 Å². The van der Waals surface area contributed by atoms with Crippen molar-refractivity contribution in [2.24, 2.45) is 35.3 Å². The van der Waals surface area contributed by atoms with Gasteiger partial charge in [-0.3, -0.25) is 0 Å². The number of fused-ring (bicyclic) bond motifs is 2. The lowest BCUT2D eigenvalue weighted by Gasteiger charge is -2.52. The first-order chi connectivity index (χ1) is 17.1. The number of ether oxygens (including phenoxy) is 5. The molecular weight excluding hydrogens is 448 g/mol. The van der Waals surface area contributed by atoms with Crippen LogP contribution in [-0.2, 0) is 23.7 Å². The summed E-state index contributed by atoms with van der Waals surface area (Å²) in [7, 11) is 3.60.